The largest absolute Gasteiger partial charge is 0.348 e. The van der Waals surface area contributed by atoms with Gasteiger partial charge in [-0.05, 0) is 18.2 Å². The van der Waals surface area contributed by atoms with Crippen LogP contribution in [-0.4, -0.2) is 31.8 Å². The molecule has 0 aliphatic carbocycles. The van der Waals surface area contributed by atoms with E-state index in [4.69, 9.17) is 0 Å². The molecule has 9 heteroatoms. The summed E-state index contributed by atoms with van der Waals surface area (Å²) in [6.45, 7) is -0.295. The first-order chi connectivity index (χ1) is 12.4. The zero-order valence-corrected chi connectivity index (χ0v) is 13.6. The van der Waals surface area contributed by atoms with Crippen molar-refractivity contribution < 1.29 is 13.6 Å². The Hall–Kier alpha value is -3.49. The Bertz CT molecular complexity index is 1000. The minimum atomic E-state index is -0.843. The molecule has 2 aromatic heterocycles. The van der Waals surface area contributed by atoms with E-state index in [1.54, 1.807) is 6.07 Å². The highest BCUT2D eigenvalue weighted by Crippen LogP contribution is 2.13. The number of nitrogens with zero attached hydrogens (tertiary/aromatic N) is 4. The first-order valence-corrected chi connectivity index (χ1v) is 7.51. The molecule has 1 aromatic carbocycles. The number of hydrogen-bond acceptors (Lipinski definition) is 6. The van der Waals surface area contributed by atoms with Gasteiger partial charge in [0.05, 0.1) is 17.9 Å². The molecule has 0 spiro atoms. The number of halogens is 2. The van der Waals surface area contributed by atoms with E-state index >= 15 is 0 Å². The summed E-state index contributed by atoms with van der Waals surface area (Å²) in [5.41, 5.74) is 0.272. The summed E-state index contributed by atoms with van der Waals surface area (Å²) in [5.74, 6) is -2.12. The van der Waals surface area contributed by atoms with Crippen LogP contribution in [0, 0.1) is 11.6 Å². The number of carbonyl (C=O) groups is 1. The third-order valence-corrected chi connectivity index (χ3v) is 3.57. The van der Waals surface area contributed by atoms with Crippen molar-refractivity contribution in [2.75, 3.05) is 11.9 Å². The summed E-state index contributed by atoms with van der Waals surface area (Å²) in [7, 11) is 1.48. The first kappa shape index (κ1) is 17.3. The van der Waals surface area contributed by atoms with Gasteiger partial charge in [0.25, 0.3) is 5.56 Å². The second-order valence-electron chi connectivity index (χ2n) is 5.39. The lowest BCUT2D eigenvalue weighted by atomic mass is 10.1. The number of hydrogen-bond donors (Lipinski definition) is 1. The summed E-state index contributed by atoms with van der Waals surface area (Å²) in [6, 6.07) is 5.46. The molecule has 3 rings (SSSR count). The van der Waals surface area contributed by atoms with Crippen LogP contribution in [0.15, 0.2) is 47.7 Å². The minimum absolute atomic E-state index is 0.119. The molecular weight excluding hydrogens is 344 g/mol. The average molecular weight is 357 g/mol. The number of Topliss-reactive ketones (excluding diaryl/α,β-unsaturated/α-hetero) is 1. The van der Waals surface area contributed by atoms with E-state index in [1.807, 2.05) is 0 Å². The van der Waals surface area contributed by atoms with Gasteiger partial charge in [-0.2, -0.15) is 0 Å². The molecule has 0 saturated carbocycles. The molecule has 26 heavy (non-hydrogen) atoms. The Kier molecular flexibility index (Phi) is 4.78. The smallest absolute Gasteiger partial charge is 0.255 e. The summed E-state index contributed by atoms with van der Waals surface area (Å²) >= 11 is 0. The number of aromatic nitrogens is 4. The Morgan fingerprint density at radius 1 is 1.15 bits per heavy atom. The zero-order chi connectivity index (χ0) is 18.7. The van der Waals surface area contributed by atoms with Crippen molar-refractivity contribution in [1.82, 2.24) is 19.5 Å². The molecule has 1 N–H and O–H groups in total. The van der Waals surface area contributed by atoms with Crippen molar-refractivity contribution in [2.24, 2.45) is 7.05 Å². The maximum Gasteiger partial charge on any atom is 0.255 e. The lowest BCUT2D eigenvalue weighted by molar-refractivity contribution is 0.100. The summed E-state index contributed by atoms with van der Waals surface area (Å²) in [4.78, 5) is 36.3. The number of benzene rings is 1. The fraction of sp³-hybridized carbons (Fsp3) is 0.118. The summed E-state index contributed by atoms with van der Waals surface area (Å²) < 4.78 is 27.7. The van der Waals surface area contributed by atoms with E-state index in [2.05, 4.69) is 20.3 Å². The molecule has 0 radical (unpaired) electrons. The van der Waals surface area contributed by atoms with Crippen molar-refractivity contribution in [1.29, 1.82) is 0 Å². The Labute approximate surface area is 146 Å². The van der Waals surface area contributed by atoms with Crippen LogP contribution in [0.3, 0.4) is 0 Å². The van der Waals surface area contributed by atoms with Gasteiger partial charge in [-0.1, -0.05) is 0 Å². The van der Waals surface area contributed by atoms with E-state index in [1.165, 1.54) is 30.2 Å². The molecule has 0 amide bonds. The fourth-order valence-corrected chi connectivity index (χ4v) is 2.25. The van der Waals surface area contributed by atoms with Crippen LogP contribution in [0.1, 0.15) is 10.4 Å². The predicted molar refractivity (Wildman–Crippen MR) is 89.7 cm³/mol. The third kappa shape index (κ3) is 3.77. The van der Waals surface area contributed by atoms with Gasteiger partial charge >= 0.3 is 0 Å². The minimum Gasteiger partial charge on any atom is -0.348 e. The standard InChI is InChI=1S/C17H13F2N5O2/c1-24-16(26)7-14(13-2-3-20-9-22-13)23-17(24)21-8-15(25)10-4-11(18)6-12(19)5-10/h2-7,9H,8H2,1H3,(H,21,23). The molecule has 7 nitrogen and oxygen atoms in total. The van der Waals surface area contributed by atoms with Crippen LogP contribution in [0.5, 0.6) is 0 Å². The van der Waals surface area contributed by atoms with Crippen molar-refractivity contribution in [3.63, 3.8) is 0 Å². The Morgan fingerprint density at radius 2 is 1.88 bits per heavy atom. The lowest BCUT2D eigenvalue weighted by Gasteiger charge is -2.11. The van der Waals surface area contributed by atoms with Gasteiger partial charge in [0, 0.05) is 30.9 Å². The van der Waals surface area contributed by atoms with Crippen LogP contribution in [0.4, 0.5) is 14.7 Å². The maximum atomic E-state index is 13.2. The SMILES string of the molecule is Cn1c(NCC(=O)c2cc(F)cc(F)c2)nc(-c2ccncn2)cc1=O. The third-order valence-electron chi connectivity index (χ3n) is 3.57. The monoisotopic (exact) mass is 357 g/mol. The van der Waals surface area contributed by atoms with E-state index in [-0.39, 0.29) is 23.6 Å². The molecular formula is C17H13F2N5O2. The predicted octanol–water partition coefficient (Wildman–Crippen LogP) is 1.81. The van der Waals surface area contributed by atoms with Crippen molar-refractivity contribution in [3.8, 4) is 11.4 Å². The molecule has 3 aromatic rings. The van der Waals surface area contributed by atoms with Gasteiger partial charge < -0.3 is 5.32 Å². The Balaban J connectivity index is 1.84. The highest BCUT2D eigenvalue weighted by molar-refractivity contribution is 5.98. The molecule has 0 aliphatic rings. The lowest BCUT2D eigenvalue weighted by Crippen LogP contribution is -2.24. The van der Waals surface area contributed by atoms with Gasteiger partial charge in [-0.15, -0.1) is 0 Å². The van der Waals surface area contributed by atoms with Crippen molar-refractivity contribution in [3.05, 3.63) is 70.4 Å². The molecule has 0 saturated heterocycles. The molecule has 0 atom stereocenters. The second kappa shape index (κ2) is 7.18. The molecule has 132 valence electrons. The van der Waals surface area contributed by atoms with Crippen LogP contribution in [0.25, 0.3) is 11.4 Å². The highest BCUT2D eigenvalue weighted by atomic mass is 19.1. The van der Waals surface area contributed by atoms with Gasteiger partial charge in [0.15, 0.2) is 5.78 Å². The van der Waals surface area contributed by atoms with Crippen LogP contribution >= 0.6 is 0 Å². The van der Waals surface area contributed by atoms with E-state index in [9.17, 15) is 18.4 Å². The summed E-state index contributed by atoms with van der Waals surface area (Å²) in [6.07, 6.45) is 2.83. The van der Waals surface area contributed by atoms with Crippen LogP contribution in [0.2, 0.25) is 0 Å². The topological polar surface area (TPSA) is 89.8 Å². The number of anilines is 1. The van der Waals surface area contributed by atoms with E-state index in [0.717, 1.165) is 12.1 Å². The number of carbonyl (C=O) groups excluding carboxylic acids is 1. The molecule has 0 fully saturated rings. The molecule has 2 heterocycles. The first-order valence-electron chi connectivity index (χ1n) is 7.51. The average Bonchev–Trinajstić information content (AvgIpc) is 2.62. The maximum absolute atomic E-state index is 13.2. The molecule has 0 aliphatic heterocycles. The zero-order valence-electron chi connectivity index (χ0n) is 13.6. The quantitative estimate of drug-likeness (QED) is 0.701. The molecule has 0 unspecified atom stereocenters. The summed E-state index contributed by atoms with van der Waals surface area (Å²) in [5, 5.41) is 2.72. The van der Waals surface area contributed by atoms with Crippen LogP contribution < -0.4 is 10.9 Å². The van der Waals surface area contributed by atoms with Crippen molar-refractivity contribution >= 4 is 11.7 Å². The number of rotatable bonds is 5. The van der Waals surface area contributed by atoms with Crippen molar-refractivity contribution in [2.45, 2.75) is 0 Å². The van der Waals surface area contributed by atoms with E-state index < -0.39 is 17.4 Å². The number of ketones is 1. The Morgan fingerprint density at radius 3 is 2.54 bits per heavy atom. The van der Waals surface area contributed by atoms with E-state index in [0.29, 0.717) is 17.5 Å². The normalized spacial score (nSPS) is 10.6. The second-order valence-corrected chi connectivity index (χ2v) is 5.39. The highest BCUT2D eigenvalue weighted by Gasteiger charge is 2.12. The van der Waals surface area contributed by atoms with Gasteiger partial charge in [0.1, 0.15) is 18.0 Å². The molecule has 0 bridgehead atoms. The number of nitrogens with one attached hydrogen (secondary N) is 1. The fourth-order valence-electron chi connectivity index (χ4n) is 2.25. The van der Waals surface area contributed by atoms with Gasteiger partial charge in [0.2, 0.25) is 5.95 Å². The van der Waals surface area contributed by atoms with Gasteiger partial charge in [-0.25, -0.2) is 23.7 Å². The van der Waals surface area contributed by atoms with Gasteiger partial charge in [-0.3, -0.25) is 14.2 Å². The van der Waals surface area contributed by atoms with Crippen LogP contribution in [-0.2, 0) is 7.05 Å².